The Bertz CT molecular complexity index is 395. The molecular formula is C11H16Br2N4. The number of anilines is 1. The molecule has 4 nitrogen and oxygen atoms in total. The van der Waals surface area contributed by atoms with Crippen LogP contribution in [0.15, 0.2) is 33.7 Å². The minimum Gasteiger partial charge on any atom is -0.351 e. The number of nitrogens with zero attached hydrogens (tertiary/aromatic N) is 1. The lowest BCUT2D eigenvalue weighted by Gasteiger charge is -2.12. The van der Waals surface area contributed by atoms with Crippen molar-refractivity contribution in [2.24, 2.45) is 10.7 Å². The zero-order valence-electron chi connectivity index (χ0n) is 9.32. The number of para-hydroxylation sites is 1. The van der Waals surface area contributed by atoms with Crippen LogP contribution in [0.4, 0.5) is 5.69 Å². The van der Waals surface area contributed by atoms with Crippen LogP contribution in [0.1, 0.15) is 6.42 Å². The largest absolute Gasteiger partial charge is 0.351 e. The fourth-order valence-corrected chi connectivity index (χ4v) is 2.00. The molecule has 94 valence electrons. The number of hydrogen-bond acceptors (Lipinski definition) is 4. The molecule has 1 aromatic rings. The highest BCUT2D eigenvalue weighted by molar-refractivity contribution is 9.10. The first-order valence-electron chi connectivity index (χ1n) is 5.32. The van der Waals surface area contributed by atoms with Crippen molar-refractivity contribution in [1.29, 1.82) is 0 Å². The zero-order chi connectivity index (χ0) is 11.4. The van der Waals surface area contributed by atoms with Gasteiger partial charge in [-0.3, -0.25) is 4.99 Å². The third-order valence-electron chi connectivity index (χ3n) is 2.45. The van der Waals surface area contributed by atoms with Crippen molar-refractivity contribution in [3.8, 4) is 0 Å². The molecular weight excluding hydrogens is 348 g/mol. The third-order valence-corrected chi connectivity index (χ3v) is 3.14. The van der Waals surface area contributed by atoms with E-state index < -0.39 is 0 Å². The summed E-state index contributed by atoms with van der Waals surface area (Å²) in [4.78, 5) is 4.39. The fourth-order valence-electron chi connectivity index (χ4n) is 1.62. The van der Waals surface area contributed by atoms with E-state index in [0.29, 0.717) is 12.6 Å². The molecule has 2 rings (SSSR count). The first kappa shape index (κ1) is 14.5. The first-order valence-corrected chi connectivity index (χ1v) is 6.11. The Morgan fingerprint density at radius 1 is 1.47 bits per heavy atom. The Labute approximate surface area is 120 Å². The third kappa shape index (κ3) is 3.97. The topological polar surface area (TPSA) is 62.4 Å². The van der Waals surface area contributed by atoms with E-state index in [4.69, 9.17) is 5.73 Å². The van der Waals surface area contributed by atoms with E-state index in [9.17, 15) is 0 Å². The van der Waals surface area contributed by atoms with Gasteiger partial charge < -0.3 is 16.4 Å². The number of rotatable bonds is 3. The number of nitrogens with two attached hydrogens (primary N) is 1. The molecule has 1 aliphatic heterocycles. The van der Waals surface area contributed by atoms with Gasteiger partial charge in [0, 0.05) is 10.5 Å². The van der Waals surface area contributed by atoms with Crippen molar-refractivity contribution in [2.45, 2.75) is 12.5 Å². The number of halogens is 2. The summed E-state index contributed by atoms with van der Waals surface area (Å²) in [5, 5.41) is 6.55. The molecule has 1 aromatic carbocycles. The van der Waals surface area contributed by atoms with E-state index in [2.05, 4.69) is 31.6 Å². The Morgan fingerprint density at radius 2 is 2.24 bits per heavy atom. The lowest BCUT2D eigenvalue weighted by atomic mass is 10.2. The molecule has 0 aromatic heterocycles. The Kier molecular flexibility index (Phi) is 5.94. The second-order valence-electron chi connectivity index (χ2n) is 3.71. The molecule has 6 heteroatoms. The van der Waals surface area contributed by atoms with Crippen LogP contribution in [0.5, 0.6) is 0 Å². The number of guanidine groups is 1. The van der Waals surface area contributed by atoms with Gasteiger partial charge in [0.1, 0.15) is 0 Å². The highest BCUT2D eigenvalue weighted by atomic mass is 79.9. The molecule has 17 heavy (non-hydrogen) atoms. The van der Waals surface area contributed by atoms with Crippen molar-refractivity contribution >= 4 is 44.6 Å². The van der Waals surface area contributed by atoms with Crippen LogP contribution < -0.4 is 16.4 Å². The van der Waals surface area contributed by atoms with Crippen molar-refractivity contribution in [1.82, 2.24) is 5.32 Å². The summed E-state index contributed by atoms with van der Waals surface area (Å²) < 4.78 is 1.03. The van der Waals surface area contributed by atoms with Crippen molar-refractivity contribution in [3.63, 3.8) is 0 Å². The summed E-state index contributed by atoms with van der Waals surface area (Å²) in [7, 11) is 0. The average Bonchev–Trinajstić information content (AvgIpc) is 2.70. The smallest absolute Gasteiger partial charge is 0.196 e. The van der Waals surface area contributed by atoms with Crippen LogP contribution in [0.3, 0.4) is 0 Å². The molecule has 0 saturated carbocycles. The molecule has 0 saturated heterocycles. The SMILES string of the molecule is Br.NCC[C@H]1CN=C(Nc2ccccc2Br)N1. The Morgan fingerprint density at radius 3 is 2.94 bits per heavy atom. The molecule has 4 N–H and O–H groups in total. The molecule has 0 fully saturated rings. The van der Waals surface area contributed by atoms with Gasteiger partial charge in [0.25, 0.3) is 0 Å². The molecule has 0 amide bonds. The lowest BCUT2D eigenvalue weighted by Crippen LogP contribution is -2.35. The second-order valence-corrected chi connectivity index (χ2v) is 4.57. The summed E-state index contributed by atoms with van der Waals surface area (Å²) in [6.45, 7) is 1.49. The fraction of sp³-hybridized carbons (Fsp3) is 0.364. The van der Waals surface area contributed by atoms with Crippen molar-refractivity contribution in [3.05, 3.63) is 28.7 Å². The number of hydrogen-bond donors (Lipinski definition) is 3. The van der Waals surface area contributed by atoms with Gasteiger partial charge in [-0.15, -0.1) is 17.0 Å². The van der Waals surface area contributed by atoms with E-state index in [0.717, 1.165) is 29.1 Å². The van der Waals surface area contributed by atoms with Crippen LogP contribution in [-0.4, -0.2) is 25.1 Å². The maximum absolute atomic E-state index is 5.51. The van der Waals surface area contributed by atoms with Gasteiger partial charge in [0.15, 0.2) is 5.96 Å². The molecule has 0 unspecified atom stereocenters. The van der Waals surface area contributed by atoms with E-state index in [1.165, 1.54) is 0 Å². The Balaban J connectivity index is 0.00000144. The molecule has 0 bridgehead atoms. The van der Waals surface area contributed by atoms with Gasteiger partial charge in [-0.1, -0.05) is 12.1 Å². The van der Waals surface area contributed by atoms with E-state index in [-0.39, 0.29) is 17.0 Å². The second kappa shape index (κ2) is 6.98. The maximum Gasteiger partial charge on any atom is 0.196 e. The first-order chi connectivity index (χ1) is 7.79. The molecule has 0 aliphatic carbocycles. The molecule has 0 spiro atoms. The standard InChI is InChI=1S/C11H15BrN4.BrH/c12-9-3-1-2-4-10(9)16-11-14-7-8(15-11)5-6-13;/h1-4,8H,5-7,13H2,(H2,14,15,16);1H/t8-;/m0./s1. The van der Waals surface area contributed by atoms with Gasteiger partial charge in [0.05, 0.1) is 12.2 Å². The van der Waals surface area contributed by atoms with Gasteiger partial charge in [-0.25, -0.2) is 0 Å². The van der Waals surface area contributed by atoms with Crippen LogP contribution >= 0.6 is 32.9 Å². The quantitative estimate of drug-likeness (QED) is 0.770. The van der Waals surface area contributed by atoms with Gasteiger partial charge in [-0.2, -0.15) is 0 Å². The minimum absolute atomic E-state index is 0. The van der Waals surface area contributed by atoms with E-state index in [1.807, 2.05) is 24.3 Å². The maximum atomic E-state index is 5.51. The minimum atomic E-state index is 0. The summed E-state index contributed by atoms with van der Waals surface area (Å²) in [6.07, 6.45) is 0.949. The van der Waals surface area contributed by atoms with Crippen LogP contribution in [0.25, 0.3) is 0 Å². The number of benzene rings is 1. The van der Waals surface area contributed by atoms with Crippen LogP contribution in [-0.2, 0) is 0 Å². The van der Waals surface area contributed by atoms with Crippen molar-refractivity contribution in [2.75, 3.05) is 18.4 Å². The molecule has 1 atom stereocenters. The summed E-state index contributed by atoms with van der Waals surface area (Å²) >= 11 is 3.48. The van der Waals surface area contributed by atoms with Crippen LogP contribution in [0.2, 0.25) is 0 Å². The van der Waals surface area contributed by atoms with Crippen molar-refractivity contribution < 1.29 is 0 Å². The highest BCUT2D eigenvalue weighted by Gasteiger charge is 2.16. The monoisotopic (exact) mass is 362 g/mol. The average molecular weight is 364 g/mol. The van der Waals surface area contributed by atoms with E-state index >= 15 is 0 Å². The summed E-state index contributed by atoms with van der Waals surface area (Å²) in [6, 6.07) is 8.34. The molecule has 1 heterocycles. The number of aliphatic imine (C=N–C) groups is 1. The van der Waals surface area contributed by atoms with Gasteiger partial charge in [-0.05, 0) is 41.0 Å². The lowest BCUT2D eigenvalue weighted by molar-refractivity contribution is 0.609. The van der Waals surface area contributed by atoms with Gasteiger partial charge >= 0.3 is 0 Å². The predicted octanol–water partition coefficient (Wildman–Crippen LogP) is 2.12. The highest BCUT2D eigenvalue weighted by Crippen LogP contribution is 2.21. The van der Waals surface area contributed by atoms with Crippen LogP contribution in [0, 0.1) is 0 Å². The summed E-state index contributed by atoms with van der Waals surface area (Å²) in [5.74, 6) is 0.824. The molecule has 0 radical (unpaired) electrons. The Hall–Kier alpha value is -0.590. The van der Waals surface area contributed by atoms with Gasteiger partial charge in [0.2, 0.25) is 0 Å². The molecule has 1 aliphatic rings. The number of nitrogens with one attached hydrogen (secondary N) is 2. The van der Waals surface area contributed by atoms with E-state index in [1.54, 1.807) is 0 Å². The summed E-state index contributed by atoms with van der Waals surface area (Å²) in [5.41, 5.74) is 6.53. The zero-order valence-corrected chi connectivity index (χ0v) is 12.6. The predicted molar refractivity (Wildman–Crippen MR) is 81.0 cm³/mol. The normalized spacial score (nSPS) is 18.0.